The maximum Gasteiger partial charge on any atom is 0.310 e. The fraction of sp³-hybridized carbons (Fsp3) is 0.722. The van der Waals surface area contributed by atoms with Crippen molar-refractivity contribution in [3.63, 3.8) is 0 Å². The number of nitrogens with zero attached hydrogens (tertiary/aromatic N) is 4. The first-order valence-corrected chi connectivity index (χ1v) is 9.16. The van der Waals surface area contributed by atoms with Crippen molar-refractivity contribution < 1.29 is 9.53 Å². The first kappa shape index (κ1) is 19.3. The summed E-state index contributed by atoms with van der Waals surface area (Å²) in [5, 5.41) is 7.81. The molecule has 1 N–H and O–H groups in total. The number of hydrogen-bond acceptors (Lipinski definition) is 4. The van der Waals surface area contributed by atoms with E-state index in [1.54, 1.807) is 0 Å². The largest absolute Gasteiger partial charge is 0.466 e. The van der Waals surface area contributed by atoms with E-state index in [4.69, 9.17) is 9.73 Å². The first-order valence-electron chi connectivity index (χ1n) is 9.16. The zero-order valence-corrected chi connectivity index (χ0v) is 16.1. The van der Waals surface area contributed by atoms with E-state index >= 15 is 0 Å². The van der Waals surface area contributed by atoms with Crippen molar-refractivity contribution in [2.45, 2.75) is 47.1 Å². The van der Waals surface area contributed by atoms with E-state index in [1.807, 2.05) is 25.6 Å². The molecule has 7 nitrogen and oxygen atoms in total. The maximum absolute atomic E-state index is 12.1. The van der Waals surface area contributed by atoms with Crippen molar-refractivity contribution in [1.82, 2.24) is 20.0 Å². The number of nitrogens with one attached hydrogen (secondary N) is 1. The SMILES string of the molecule is CCNC(=NCc1c(C)nn(C)c1C)N1CCCC(C(=O)OCC)C1. The van der Waals surface area contributed by atoms with Gasteiger partial charge in [-0.3, -0.25) is 9.48 Å². The fourth-order valence-corrected chi connectivity index (χ4v) is 3.25. The van der Waals surface area contributed by atoms with Crippen LogP contribution in [0.5, 0.6) is 0 Å². The number of aliphatic imine (C=N–C) groups is 1. The van der Waals surface area contributed by atoms with Crippen molar-refractivity contribution in [1.29, 1.82) is 0 Å². The molecule has 2 rings (SSSR count). The average Bonchev–Trinajstić information content (AvgIpc) is 2.84. The van der Waals surface area contributed by atoms with Gasteiger partial charge in [0.15, 0.2) is 5.96 Å². The summed E-state index contributed by atoms with van der Waals surface area (Å²) >= 11 is 0. The van der Waals surface area contributed by atoms with Crippen LogP contribution in [0.1, 0.15) is 43.6 Å². The predicted octanol–water partition coefficient (Wildman–Crippen LogP) is 1.78. The number of carbonyl (C=O) groups is 1. The van der Waals surface area contributed by atoms with Gasteiger partial charge in [0.1, 0.15) is 0 Å². The molecule has 0 bridgehead atoms. The van der Waals surface area contributed by atoms with E-state index in [2.05, 4.69) is 29.2 Å². The standard InChI is InChI=1S/C18H31N5O2/c1-6-19-18(20-11-16-13(3)21-22(5)14(16)4)23-10-8-9-15(12-23)17(24)25-7-2/h15H,6-12H2,1-5H3,(H,19,20). The molecule has 25 heavy (non-hydrogen) atoms. The summed E-state index contributed by atoms with van der Waals surface area (Å²) in [7, 11) is 1.95. The number of aromatic nitrogens is 2. The number of piperidine rings is 1. The zero-order valence-electron chi connectivity index (χ0n) is 16.1. The van der Waals surface area contributed by atoms with Gasteiger partial charge in [-0.15, -0.1) is 0 Å². The number of esters is 1. The highest BCUT2D eigenvalue weighted by molar-refractivity contribution is 5.81. The number of guanidine groups is 1. The Kier molecular flexibility index (Phi) is 6.84. The third-order valence-electron chi connectivity index (χ3n) is 4.72. The van der Waals surface area contributed by atoms with Gasteiger partial charge in [0, 0.05) is 37.9 Å². The second-order valence-electron chi connectivity index (χ2n) is 6.48. The van der Waals surface area contributed by atoms with Gasteiger partial charge in [-0.25, -0.2) is 4.99 Å². The summed E-state index contributed by atoms with van der Waals surface area (Å²) in [6.45, 7) is 11.4. The minimum Gasteiger partial charge on any atom is -0.466 e. The molecule has 0 aromatic carbocycles. The highest BCUT2D eigenvalue weighted by Crippen LogP contribution is 2.19. The number of rotatable bonds is 5. The van der Waals surface area contributed by atoms with Crippen LogP contribution in [-0.2, 0) is 23.1 Å². The van der Waals surface area contributed by atoms with E-state index in [0.717, 1.165) is 48.8 Å². The number of carbonyl (C=O) groups excluding carboxylic acids is 1. The van der Waals surface area contributed by atoms with Crippen molar-refractivity contribution >= 4 is 11.9 Å². The molecule has 1 aromatic heterocycles. The molecule has 2 heterocycles. The van der Waals surface area contributed by atoms with Crippen LogP contribution in [0, 0.1) is 19.8 Å². The molecule has 1 fully saturated rings. The second-order valence-corrected chi connectivity index (χ2v) is 6.48. The Balaban J connectivity index is 2.12. The van der Waals surface area contributed by atoms with E-state index < -0.39 is 0 Å². The summed E-state index contributed by atoms with van der Waals surface area (Å²) in [5.41, 5.74) is 3.32. The smallest absolute Gasteiger partial charge is 0.310 e. The van der Waals surface area contributed by atoms with Crippen LogP contribution in [0.25, 0.3) is 0 Å². The maximum atomic E-state index is 12.1. The highest BCUT2D eigenvalue weighted by atomic mass is 16.5. The molecule has 1 aliphatic rings. The van der Waals surface area contributed by atoms with Crippen molar-refractivity contribution in [2.75, 3.05) is 26.2 Å². The third kappa shape index (κ3) is 4.74. The summed E-state index contributed by atoms with van der Waals surface area (Å²) < 4.78 is 7.09. The summed E-state index contributed by atoms with van der Waals surface area (Å²) in [5.74, 6) is 0.695. The Hall–Kier alpha value is -2.05. The number of aryl methyl sites for hydroxylation is 2. The zero-order chi connectivity index (χ0) is 18.4. The molecule has 140 valence electrons. The van der Waals surface area contributed by atoms with Crippen LogP contribution in [-0.4, -0.2) is 52.9 Å². The highest BCUT2D eigenvalue weighted by Gasteiger charge is 2.28. The second kappa shape index (κ2) is 8.87. The van der Waals surface area contributed by atoms with Crippen LogP contribution in [0.4, 0.5) is 0 Å². The minimum atomic E-state index is -0.0954. The molecule has 1 aromatic rings. The first-order chi connectivity index (χ1) is 12.0. The monoisotopic (exact) mass is 349 g/mol. The molecule has 1 aliphatic heterocycles. The van der Waals surface area contributed by atoms with Crippen LogP contribution in [0.3, 0.4) is 0 Å². The van der Waals surface area contributed by atoms with Crippen molar-refractivity contribution in [2.24, 2.45) is 18.0 Å². The predicted molar refractivity (Wildman–Crippen MR) is 98.4 cm³/mol. The van der Waals surface area contributed by atoms with Crippen molar-refractivity contribution in [3.05, 3.63) is 17.0 Å². The number of likely N-dealkylation sites (tertiary alicyclic amines) is 1. The Labute approximate surface area is 150 Å². The van der Waals surface area contributed by atoms with Gasteiger partial charge in [0.05, 0.1) is 24.8 Å². The Bertz CT molecular complexity index is 623. The number of hydrogen-bond donors (Lipinski definition) is 1. The Morgan fingerprint density at radius 1 is 1.40 bits per heavy atom. The van der Waals surface area contributed by atoms with E-state index in [1.165, 1.54) is 0 Å². The van der Waals surface area contributed by atoms with Crippen LogP contribution in [0.2, 0.25) is 0 Å². The van der Waals surface area contributed by atoms with Gasteiger partial charge in [0.2, 0.25) is 0 Å². The normalized spacial score (nSPS) is 18.4. The fourth-order valence-electron chi connectivity index (χ4n) is 3.25. The molecule has 0 amide bonds. The molecule has 1 saturated heterocycles. The quantitative estimate of drug-likeness (QED) is 0.498. The minimum absolute atomic E-state index is 0.0700. The van der Waals surface area contributed by atoms with Gasteiger partial charge in [0.25, 0.3) is 0 Å². The van der Waals surface area contributed by atoms with Gasteiger partial charge < -0.3 is 15.0 Å². The molecule has 7 heteroatoms. The molecule has 1 unspecified atom stereocenters. The van der Waals surface area contributed by atoms with Crippen molar-refractivity contribution in [3.8, 4) is 0 Å². The van der Waals surface area contributed by atoms with E-state index in [0.29, 0.717) is 19.7 Å². The van der Waals surface area contributed by atoms with Crippen LogP contribution in [0.15, 0.2) is 4.99 Å². The molecule has 1 atom stereocenters. The molecule has 0 aliphatic carbocycles. The van der Waals surface area contributed by atoms with Gasteiger partial charge in [-0.05, 0) is 40.5 Å². The van der Waals surface area contributed by atoms with Gasteiger partial charge >= 0.3 is 5.97 Å². The lowest BCUT2D eigenvalue weighted by molar-refractivity contribution is -0.149. The van der Waals surface area contributed by atoms with Gasteiger partial charge in [-0.2, -0.15) is 5.10 Å². The van der Waals surface area contributed by atoms with Crippen LogP contribution < -0.4 is 5.32 Å². The molecule has 0 spiro atoms. The van der Waals surface area contributed by atoms with Crippen LogP contribution >= 0.6 is 0 Å². The third-order valence-corrected chi connectivity index (χ3v) is 4.72. The Morgan fingerprint density at radius 2 is 2.16 bits per heavy atom. The topological polar surface area (TPSA) is 71.8 Å². The van der Waals surface area contributed by atoms with Gasteiger partial charge in [-0.1, -0.05) is 0 Å². The molecule has 0 saturated carbocycles. The lowest BCUT2D eigenvalue weighted by Gasteiger charge is -2.34. The molecule has 0 radical (unpaired) electrons. The van der Waals surface area contributed by atoms with E-state index in [-0.39, 0.29) is 11.9 Å². The lowest BCUT2D eigenvalue weighted by Crippen LogP contribution is -2.48. The molecular formula is C18H31N5O2. The summed E-state index contributed by atoms with van der Waals surface area (Å²) in [4.78, 5) is 19.1. The Morgan fingerprint density at radius 3 is 2.76 bits per heavy atom. The average molecular weight is 349 g/mol. The molecular weight excluding hydrogens is 318 g/mol. The summed E-state index contributed by atoms with van der Waals surface area (Å²) in [6.07, 6.45) is 1.86. The lowest BCUT2D eigenvalue weighted by atomic mass is 9.98. The summed E-state index contributed by atoms with van der Waals surface area (Å²) in [6, 6.07) is 0. The number of ether oxygens (including phenoxy) is 1. The van der Waals surface area contributed by atoms with E-state index in [9.17, 15) is 4.79 Å².